The van der Waals surface area contributed by atoms with Crippen LogP contribution in [0.5, 0.6) is 5.75 Å². The zero-order valence-corrected chi connectivity index (χ0v) is 16.4. The molecule has 0 N–H and O–H groups in total. The number of rotatable bonds is 3. The molecule has 0 radical (unpaired) electrons. The Bertz CT molecular complexity index is 1300. The minimum atomic E-state index is -0.386. The highest BCUT2D eigenvalue weighted by Gasteiger charge is 2.28. The first-order valence-electron chi connectivity index (χ1n) is 9.84. The summed E-state index contributed by atoms with van der Waals surface area (Å²) in [6.45, 7) is 1.06. The second kappa shape index (κ2) is 7.29. The van der Waals surface area contributed by atoms with Gasteiger partial charge >= 0.3 is 5.76 Å². The number of aromatic nitrogens is 3. The Hall–Kier alpha value is -3.68. The molecule has 8 nitrogen and oxygen atoms in total. The lowest BCUT2D eigenvalue weighted by molar-refractivity contribution is 0.0688. The van der Waals surface area contributed by atoms with Crippen molar-refractivity contribution in [3.05, 3.63) is 64.9 Å². The molecule has 0 saturated carbocycles. The van der Waals surface area contributed by atoms with E-state index >= 15 is 0 Å². The van der Waals surface area contributed by atoms with Gasteiger partial charge in [-0.25, -0.2) is 9.78 Å². The summed E-state index contributed by atoms with van der Waals surface area (Å²) < 4.78 is 12.3. The summed E-state index contributed by atoms with van der Waals surface area (Å²) in [4.78, 5) is 35.9. The number of likely N-dealkylation sites (tertiary alicyclic amines) is 1. The number of fused-ring (bicyclic) bond motifs is 2. The Kier molecular flexibility index (Phi) is 4.46. The van der Waals surface area contributed by atoms with Crippen LogP contribution in [0.25, 0.3) is 22.1 Å². The van der Waals surface area contributed by atoms with Gasteiger partial charge in [-0.1, -0.05) is 12.1 Å². The maximum absolute atomic E-state index is 12.9. The van der Waals surface area contributed by atoms with Crippen molar-refractivity contribution in [3.8, 4) is 5.75 Å². The topological polar surface area (TPSA) is 90.5 Å². The van der Waals surface area contributed by atoms with E-state index in [9.17, 15) is 9.59 Å². The molecule has 5 rings (SSSR count). The van der Waals surface area contributed by atoms with Gasteiger partial charge in [0.25, 0.3) is 5.91 Å². The molecule has 4 aromatic rings. The highest BCUT2D eigenvalue weighted by Crippen LogP contribution is 2.28. The molecule has 152 valence electrons. The molecule has 2 aromatic heterocycles. The van der Waals surface area contributed by atoms with Crippen molar-refractivity contribution in [2.75, 3.05) is 20.2 Å². The van der Waals surface area contributed by atoms with Crippen molar-refractivity contribution in [1.29, 1.82) is 0 Å². The number of ether oxygens (including phenoxy) is 1. The van der Waals surface area contributed by atoms with Crippen molar-refractivity contribution >= 4 is 28.0 Å². The Morgan fingerprint density at radius 2 is 1.90 bits per heavy atom. The first-order valence-corrected chi connectivity index (χ1v) is 9.84. The number of benzene rings is 2. The molecule has 0 atom stereocenters. The van der Waals surface area contributed by atoms with Gasteiger partial charge in [0.15, 0.2) is 5.58 Å². The summed E-state index contributed by atoms with van der Waals surface area (Å²) in [6, 6.07) is 12.7. The first kappa shape index (κ1) is 18.4. The standard InChI is InChI=1S/C22H20N4O4/c1-29-15-6-7-20-19(12-15)26(22(28)30-20)14-8-10-25(11-9-14)21(27)18-13-23-16-4-2-3-5-17(16)24-18/h2-7,12-14H,8-11H2,1H3. The fraction of sp³-hybridized carbons (Fsp3) is 0.273. The molecule has 1 aliphatic rings. The van der Waals surface area contributed by atoms with Crippen molar-refractivity contribution < 1.29 is 13.9 Å². The number of methoxy groups -OCH3 is 1. The van der Waals surface area contributed by atoms with Crippen LogP contribution < -0.4 is 10.5 Å². The number of amides is 1. The van der Waals surface area contributed by atoms with E-state index in [2.05, 4.69) is 9.97 Å². The number of carbonyl (C=O) groups is 1. The number of hydrogen-bond donors (Lipinski definition) is 0. The normalized spacial score (nSPS) is 15.0. The predicted molar refractivity (Wildman–Crippen MR) is 111 cm³/mol. The van der Waals surface area contributed by atoms with Gasteiger partial charge in [0.2, 0.25) is 0 Å². The molecule has 0 aliphatic carbocycles. The van der Waals surface area contributed by atoms with Crippen molar-refractivity contribution in [3.63, 3.8) is 0 Å². The highest BCUT2D eigenvalue weighted by atomic mass is 16.5. The zero-order chi connectivity index (χ0) is 20.7. The van der Waals surface area contributed by atoms with Gasteiger partial charge in [0.1, 0.15) is 11.4 Å². The lowest BCUT2D eigenvalue weighted by Crippen LogP contribution is -2.40. The molecule has 0 bridgehead atoms. The zero-order valence-electron chi connectivity index (χ0n) is 16.4. The van der Waals surface area contributed by atoms with Crippen molar-refractivity contribution in [1.82, 2.24) is 19.4 Å². The Morgan fingerprint density at radius 3 is 2.67 bits per heavy atom. The number of hydrogen-bond acceptors (Lipinski definition) is 6. The minimum absolute atomic E-state index is 0.0439. The fourth-order valence-corrected chi connectivity index (χ4v) is 4.04. The van der Waals surface area contributed by atoms with Crippen LogP contribution in [0.15, 0.2) is 57.9 Å². The van der Waals surface area contributed by atoms with E-state index in [-0.39, 0.29) is 17.7 Å². The third-order valence-electron chi connectivity index (χ3n) is 5.60. The molecule has 1 saturated heterocycles. The largest absolute Gasteiger partial charge is 0.497 e. The predicted octanol–water partition coefficient (Wildman–Crippen LogP) is 3.02. The lowest BCUT2D eigenvalue weighted by Gasteiger charge is -2.32. The number of para-hydroxylation sites is 2. The maximum atomic E-state index is 12.9. The third-order valence-corrected chi connectivity index (χ3v) is 5.60. The summed E-state index contributed by atoms with van der Waals surface area (Å²) in [5, 5.41) is 0. The fourth-order valence-electron chi connectivity index (χ4n) is 4.04. The Balaban J connectivity index is 1.36. The van der Waals surface area contributed by atoms with Crippen LogP contribution in [0.1, 0.15) is 29.4 Å². The molecule has 1 aliphatic heterocycles. The quantitative estimate of drug-likeness (QED) is 0.521. The average molecular weight is 404 g/mol. The van der Waals surface area contributed by atoms with Crippen LogP contribution in [-0.4, -0.2) is 45.5 Å². The first-order chi connectivity index (χ1) is 14.6. The summed E-state index contributed by atoms with van der Waals surface area (Å²) in [5.74, 6) is 0.140. The van der Waals surface area contributed by atoms with Crippen LogP contribution >= 0.6 is 0 Å². The molecule has 0 spiro atoms. The lowest BCUT2D eigenvalue weighted by atomic mass is 10.0. The monoisotopic (exact) mass is 404 g/mol. The molecule has 8 heteroatoms. The van der Waals surface area contributed by atoms with Crippen LogP contribution in [0.3, 0.4) is 0 Å². The molecule has 30 heavy (non-hydrogen) atoms. The molecule has 2 aromatic carbocycles. The highest BCUT2D eigenvalue weighted by molar-refractivity contribution is 5.93. The van der Waals surface area contributed by atoms with Gasteiger partial charge in [-0.15, -0.1) is 0 Å². The van der Waals surface area contributed by atoms with E-state index in [1.807, 2.05) is 30.3 Å². The van der Waals surface area contributed by atoms with Crippen LogP contribution in [0, 0.1) is 0 Å². The number of piperidine rings is 1. The van der Waals surface area contributed by atoms with Gasteiger partial charge in [0.05, 0.1) is 29.9 Å². The molecule has 1 amide bonds. The number of carbonyl (C=O) groups excluding carboxylic acids is 1. The van der Waals surface area contributed by atoms with E-state index < -0.39 is 0 Å². The van der Waals surface area contributed by atoms with Gasteiger partial charge in [-0.3, -0.25) is 14.3 Å². The summed E-state index contributed by atoms with van der Waals surface area (Å²) in [5.41, 5.74) is 3.04. The van der Waals surface area contributed by atoms with Gasteiger partial charge in [-0.2, -0.15) is 0 Å². The Labute approximate surface area is 171 Å². The summed E-state index contributed by atoms with van der Waals surface area (Å²) >= 11 is 0. The molecule has 0 unspecified atom stereocenters. The second-order valence-corrected chi connectivity index (χ2v) is 7.34. The number of nitrogens with zero attached hydrogens (tertiary/aromatic N) is 4. The van der Waals surface area contributed by atoms with Crippen LogP contribution in [-0.2, 0) is 0 Å². The molecule has 3 heterocycles. The van der Waals surface area contributed by atoms with Crippen molar-refractivity contribution in [2.45, 2.75) is 18.9 Å². The van der Waals surface area contributed by atoms with E-state index in [0.29, 0.717) is 54.0 Å². The Morgan fingerprint density at radius 1 is 1.13 bits per heavy atom. The van der Waals surface area contributed by atoms with E-state index in [0.717, 1.165) is 5.52 Å². The van der Waals surface area contributed by atoms with E-state index in [4.69, 9.17) is 9.15 Å². The third kappa shape index (κ3) is 3.10. The van der Waals surface area contributed by atoms with Crippen LogP contribution in [0.2, 0.25) is 0 Å². The van der Waals surface area contributed by atoms with Crippen molar-refractivity contribution in [2.24, 2.45) is 0 Å². The van der Waals surface area contributed by atoms with Crippen LogP contribution in [0.4, 0.5) is 0 Å². The van der Waals surface area contributed by atoms with Gasteiger partial charge in [-0.05, 0) is 37.1 Å². The van der Waals surface area contributed by atoms with Gasteiger partial charge < -0.3 is 14.1 Å². The minimum Gasteiger partial charge on any atom is -0.497 e. The average Bonchev–Trinajstić information content (AvgIpc) is 3.13. The molecular formula is C22H20N4O4. The molecule has 1 fully saturated rings. The maximum Gasteiger partial charge on any atom is 0.420 e. The summed E-state index contributed by atoms with van der Waals surface area (Å²) in [7, 11) is 1.59. The SMILES string of the molecule is COc1ccc2oc(=O)n(C3CCN(C(=O)c4cnc5ccccc5n4)CC3)c2c1. The number of oxazole rings is 1. The van der Waals surface area contributed by atoms with E-state index in [1.165, 1.54) is 6.20 Å². The molecular weight excluding hydrogens is 384 g/mol. The van der Waals surface area contributed by atoms with Gasteiger partial charge in [0, 0.05) is 25.2 Å². The van der Waals surface area contributed by atoms with E-state index in [1.54, 1.807) is 28.7 Å². The second-order valence-electron chi connectivity index (χ2n) is 7.34. The summed E-state index contributed by atoms with van der Waals surface area (Å²) in [6.07, 6.45) is 2.83. The smallest absolute Gasteiger partial charge is 0.420 e.